The predicted molar refractivity (Wildman–Crippen MR) is 60.3 cm³/mol. The summed E-state index contributed by atoms with van der Waals surface area (Å²) in [7, 11) is 0. The number of halogens is 3. The van der Waals surface area contributed by atoms with E-state index in [1.54, 1.807) is 12.1 Å². The molecule has 1 N–H and O–H groups in total. The summed E-state index contributed by atoms with van der Waals surface area (Å²) in [5.41, 5.74) is 0.334. The van der Waals surface area contributed by atoms with E-state index in [-0.39, 0.29) is 22.2 Å². The fraction of sp³-hybridized carbons (Fsp3) is 0.0833. The van der Waals surface area contributed by atoms with Gasteiger partial charge in [-0.3, -0.25) is 0 Å². The van der Waals surface area contributed by atoms with Crippen LogP contribution in [0.1, 0.15) is 11.4 Å². The first-order chi connectivity index (χ1) is 8.95. The van der Waals surface area contributed by atoms with E-state index in [0.29, 0.717) is 0 Å². The molecule has 0 bridgehead atoms. The first kappa shape index (κ1) is 12.7. The van der Waals surface area contributed by atoms with Gasteiger partial charge >= 0.3 is 6.18 Å². The predicted octanol–water partition coefficient (Wildman–Crippen LogP) is 3.01. The van der Waals surface area contributed by atoms with Gasteiger partial charge in [-0.1, -0.05) is 12.1 Å². The van der Waals surface area contributed by atoms with E-state index in [1.165, 1.54) is 24.3 Å². The molecule has 2 aromatic rings. The van der Waals surface area contributed by atoms with Crippen molar-refractivity contribution >= 4 is 17.1 Å². The molecule has 4 nitrogen and oxygen atoms in total. The van der Waals surface area contributed by atoms with Crippen LogP contribution in [-0.4, -0.2) is 9.97 Å². The van der Waals surface area contributed by atoms with Crippen molar-refractivity contribution in [2.75, 3.05) is 0 Å². The number of allylic oxidation sites excluding steroid dienone is 1. The van der Waals surface area contributed by atoms with Gasteiger partial charge in [0.05, 0.1) is 11.0 Å². The van der Waals surface area contributed by atoms with E-state index in [2.05, 4.69) is 9.97 Å². The highest BCUT2D eigenvalue weighted by molar-refractivity contribution is 5.86. The first-order valence-corrected chi connectivity index (χ1v) is 5.03. The fourth-order valence-electron chi connectivity index (χ4n) is 1.55. The molecule has 1 aromatic heterocycles. The standard InChI is InChI=1S/C12H5F3N4/c13-12(14,15)11-18-9-3-1-2-8(10(9)19-11)4-7(5-16)6-17/h1-4H,(H,18,19). The van der Waals surface area contributed by atoms with Crippen LogP contribution >= 0.6 is 0 Å². The summed E-state index contributed by atoms with van der Waals surface area (Å²) in [6.45, 7) is 0. The number of hydrogen-bond acceptors (Lipinski definition) is 3. The second-order valence-electron chi connectivity index (χ2n) is 3.61. The Kier molecular flexibility index (Phi) is 2.97. The summed E-state index contributed by atoms with van der Waals surface area (Å²) in [5, 5.41) is 17.3. The third-order valence-electron chi connectivity index (χ3n) is 2.35. The maximum Gasteiger partial charge on any atom is 0.449 e. The number of para-hydroxylation sites is 1. The average Bonchev–Trinajstić information content (AvgIpc) is 2.80. The minimum absolute atomic E-state index is 0.0674. The zero-order valence-corrected chi connectivity index (χ0v) is 9.28. The highest BCUT2D eigenvalue weighted by Gasteiger charge is 2.34. The molecule has 1 heterocycles. The molecular formula is C12H5F3N4. The molecule has 0 saturated carbocycles. The number of H-pyrrole nitrogens is 1. The van der Waals surface area contributed by atoms with Gasteiger partial charge in [0.25, 0.3) is 0 Å². The van der Waals surface area contributed by atoms with Crippen LogP contribution in [0, 0.1) is 22.7 Å². The van der Waals surface area contributed by atoms with Crippen molar-refractivity contribution in [2.45, 2.75) is 6.18 Å². The lowest BCUT2D eigenvalue weighted by atomic mass is 10.1. The molecule has 0 aliphatic heterocycles. The number of imidazole rings is 1. The number of hydrogen-bond donors (Lipinski definition) is 1. The highest BCUT2D eigenvalue weighted by atomic mass is 19.4. The van der Waals surface area contributed by atoms with Gasteiger partial charge in [0.2, 0.25) is 5.82 Å². The number of nitrogens with zero attached hydrogens (tertiary/aromatic N) is 3. The second-order valence-corrected chi connectivity index (χ2v) is 3.61. The Labute approximate surface area is 105 Å². The Bertz CT molecular complexity index is 725. The Balaban J connectivity index is 2.66. The van der Waals surface area contributed by atoms with Crippen LogP contribution in [0.5, 0.6) is 0 Å². The number of aromatic nitrogens is 2. The third kappa shape index (κ3) is 2.40. The topological polar surface area (TPSA) is 76.3 Å². The van der Waals surface area contributed by atoms with Crippen molar-refractivity contribution in [3.63, 3.8) is 0 Å². The van der Waals surface area contributed by atoms with Gasteiger partial charge in [-0.25, -0.2) is 4.98 Å². The molecular weight excluding hydrogens is 257 g/mol. The minimum Gasteiger partial charge on any atom is -0.334 e. The van der Waals surface area contributed by atoms with E-state index in [4.69, 9.17) is 10.5 Å². The van der Waals surface area contributed by atoms with Crippen molar-refractivity contribution in [3.05, 3.63) is 35.2 Å². The highest BCUT2D eigenvalue weighted by Crippen LogP contribution is 2.29. The van der Waals surface area contributed by atoms with Gasteiger partial charge in [0.15, 0.2) is 0 Å². The van der Waals surface area contributed by atoms with E-state index in [0.717, 1.165) is 0 Å². The average molecular weight is 262 g/mol. The normalized spacial score (nSPS) is 10.8. The summed E-state index contributed by atoms with van der Waals surface area (Å²) in [4.78, 5) is 5.62. The first-order valence-electron chi connectivity index (χ1n) is 5.03. The number of alkyl halides is 3. The van der Waals surface area contributed by atoms with Crippen LogP contribution in [0.2, 0.25) is 0 Å². The van der Waals surface area contributed by atoms with Crippen molar-refractivity contribution in [2.24, 2.45) is 0 Å². The van der Waals surface area contributed by atoms with Crippen molar-refractivity contribution in [1.29, 1.82) is 10.5 Å². The molecule has 0 aliphatic rings. The van der Waals surface area contributed by atoms with E-state index < -0.39 is 12.0 Å². The molecule has 0 unspecified atom stereocenters. The third-order valence-corrected chi connectivity index (χ3v) is 2.35. The van der Waals surface area contributed by atoms with Crippen LogP contribution in [0.3, 0.4) is 0 Å². The van der Waals surface area contributed by atoms with E-state index in [1.807, 2.05) is 0 Å². The van der Waals surface area contributed by atoms with Gasteiger partial charge in [-0.05, 0) is 12.1 Å². The van der Waals surface area contributed by atoms with E-state index >= 15 is 0 Å². The number of nitrogens with one attached hydrogen (secondary N) is 1. The molecule has 0 atom stereocenters. The largest absolute Gasteiger partial charge is 0.449 e. The molecule has 0 saturated heterocycles. The maximum atomic E-state index is 12.5. The molecule has 0 spiro atoms. The molecule has 19 heavy (non-hydrogen) atoms. The molecule has 0 aliphatic carbocycles. The lowest BCUT2D eigenvalue weighted by molar-refractivity contribution is -0.144. The Morgan fingerprint density at radius 2 is 1.95 bits per heavy atom. The molecule has 0 fully saturated rings. The number of aromatic amines is 1. The van der Waals surface area contributed by atoms with E-state index in [9.17, 15) is 13.2 Å². The Morgan fingerprint density at radius 1 is 1.26 bits per heavy atom. The summed E-state index contributed by atoms with van der Waals surface area (Å²) in [6, 6.07) is 7.72. The van der Waals surface area contributed by atoms with Crippen LogP contribution in [0.4, 0.5) is 13.2 Å². The SMILES string of the molecule is N#CC(C#N)=Cc1cccc2[nH]c(C(F)(F)F)nc12. The number of nitriles is 2. The lowest BCUT2D eigenvalue weighted by Crippen LogP contribution is -2.06. The lowest BCUT2D eigenvalue weighted by Gasteiger charge is -1.99. The number of rotatable bonds is 1. The van der Waals surface area contributed by atoms with Crippen molar-refractivity contribution < 1.29 is 13.2 Å². The number of fused-ring (bicyclic) bond motifs is 1. The molecule has 7 heteroatoms. The molecule has 0 amide bonds. The van der Waals surface area contributed by atoms with Crippen LogP contribution in [0.25, 0.3) is 17.1 Å². The quantitative estimate of drug-likeness (QED) is 0.802. The Hall–Kier alpha value is -2.80. The zero-order valence-electron chi connectivity index (χ0n) is 9.28. The smallest absolute Gasteiger partial charge is 0.334 e. The van der Waals surface area contributed by atoms with Gasteiger partial charge < -0.3 is 4.98 Å². The second kappa shape index (κ2) is 4.46. The molecule has 0 radical (unpaired) electrons. The molecule has 2 rings (SSSR count). The Morgan fingerprint density at radius 3 is 2.53 bits per heavy atom. The van der Waals surface area contributed by atoms with Gasteiger partial charge in [0, 0.05) is 5.56 Å². The summed E-state index contributed by atoms with van der Waals surface area (Å²) < 4.78 is 37.6. The summed E-state index contributed by atoms with van der Waals surface area (Å²) in [6.07, 6.45) is -3.38. The summed E-state index contributed by atoms with van der Waals surface area (Å²) in [5.74, 6) is -1.11. The van der Waals surface area contributed by atoms with Gasteiger partial charge in [-0.2, -0.15) is 23.7 Å². The summed E-state index contributed by atoms with van der Waals surface area (Å²) >= 11 is 0. The number of benzene rings is 1. The molecule has 94 valence electrons. The van der Waals surface area contributed by atoms with Gasteiger partial charge in [-0.15, -0.1) is 0 Å². The minimum atomic E-state index is -4.58. The maximum absolute atomic E-state index is 12.5. The van der Waals surface area contributed by atoms with Crippen molar-refractivity contribution in [1.82, 2.24) is 9.97 Å². The van der Waals surface area contributed by atoms with Crippen LogP contribution < -0.4 is 0 Å². The fourth-order valence-corrected chi connectivity index (χ4v) is 1.55. The van der Waals surface area contributed by atoms with Crippen LogP contribution in [-0.2, 0) is 6.18 Å². The monoisotopic (exact) mass is 262 g/mol. The molecule has 1 aromatic carbocycles. The zero-order chi connectivity index (χ0) is 14.0. The van der Waals surface area contributed by atoms with Crippen LogP contribution in [0.15, 0.2) is 23.8 Å². The van der Waals surface area contributed by atoms with Gasteiger partial charge in [0.1, 0.15) is 17.7 Å². The van der Waals surface area contributed by atoms with Crippen molar-refractivity contribution in [3.8, 4) is 12.1 Å².